The smallest absolute Gasteiger partial charge is 0.0776 e. The maximum Gasteiger partial charge on any atom is 0.0776 e. The lowest BCUT2D eigenvalue weighted by atomic mass is 9.91. The molecule has 1 aliphatic heterocycles. The summed E-state index contributed by atoms with van der Waals surface area (Å²) in [6.45, 7) is 6.30. The molecule has 0 radical (unpaired) electrons. The van der Waals surface area contributed by atoms with Gasteiger partial charge in [-0.15, -0.1) is 0 Å². The lowest BCUT2D eigenvalue weighted by molar-refractivity contribution is 0.250. The average Bonchev–Trinajstić information content (AvgIpc) is 3.07. The molecule has 20 heavy (non-hydrogen) atoms. The fourth-order valence-electron chi connectivity index (χ4n) is 2.67. The number of hydrogen-bond donors (Lipinski definition) is 1. The van der Waals surface area contributed by atoms with Crippen molar-refractivity contribution in [3.05, 3.63) is 40.1 Å². The largest absolute Gasteiger partial charge is 0.313 e. The Balaban J connectivity index is 1.65. The van der Waals surface area contributed by atoms with Gasteiger partial charge in [0, 0.05) is 19.1 Å². The number of nitrogens with zero attached hydrogens (tertiary/aromatic N) is 2. The summed E-state index contributed by atoms with van der Waals surface area (Å²) in [5, 5.41) is 14.6. The van der Waals surface area contributed by atoms with Gasteiger partial charge in [-0.25, -0.2) is 0 Å². The third-order valence-corrected chi connectivity index (χ3v) is 4.46. The molecule has 2 aliphatic rings. The Morgan fingerprint density at radius 3 is 3.10 bits per heavy atom. The van der Waals surface area contributed by atoms with Crippen molar-refractivity contribution in [2.75, 3.05) is 13.1 Å². The summed E-state index contributed by atoms with van der Waals surface area (Å²) in [5.41, 5.74) is 4.12. The molecule has 1 N–H and O–H groups in total. The van der Waals surface area contributed by atoms with Crippen LogP contribution in [0.2, 0.25) is 0 Å². The highest BCUT2D eigenvalue weighted by atomic mass is 32.1. The predicted octanol–water partition coefficient (Wildman–Crippen LogP) is 3.13. The highest BCUT2D eigenvalue weighted by Crippen LogP contribution is 2.32. The summed E-state index contributed by atoms with van der Waals surface area (Å²) in [4.78, 5) is 0. The first-order valence-corrected chi connectivity index (χ1v) is 8.15. The summed E-state index contributed by atoms with van der Waals surface area (Å²) in [5.74, 6) is 0. The molecule has 0 aromatic carbocycles. The third kappa shape index (κ3) is 2.86. The van der Waals surface area contributed by atoms with E-state index in [1.54, 1.807) is 11.3 Å². The van der Waals surface area contributed by atoms with E-state index < -0.39 is 0 Å². The van der Waals surface area contributed by atoms with Gasteiger partial charge in [-0.2, -0.15) is 16.4 Å². The van der Waals surface area contributed by atoms with E-state index in [1.807, 2.05) is 6.21 Å². The van der Waals surface area contributed by atoms with Gasteiger partial charge in [0.15, 0.2) is 0 Å². The lowest BCUT2D eigenvalue weighted by Gasteiger charge is -2.27. The SMILES string of the molecule is CC(C)NCCN1N=CC2=CC=C(c3ccsc3)CC21. The van der Waals surface area contributed by atoms with Crippen LogP contribution in [0.15, 0.2) is 39.7 Å². The molecular formula is C16H21N3S. The van der Waals surface area contributed by atoms with Gasteiger partial charge in [0.25, 0.3) is 0 Å². The standard InChI is InChI=1S/C16H21N3S/c1-12(2)17-6-7-19-16-9-13(15-5-8-20-11-15)3-4-14(16)10-18-19/h3-5,8,10-12,16-17H,6-7,9H2,1-2H3. The van der Waals surface area contributed by atoms with Crippen molar-refractivity contribution >= 4 is 23.1 Å². The Bertz CT molecular complexity index is 540. The van der Waals surface area contributed by atoms with Gasteiger partial charge in [-0.3, -0.25) is 5.01 Å². The maximum absolute atomic E-state index is 4.56. The Morgan fingerprint density at radius 2 is 2.35 bits per heavy atom. The molecule has 106 valence electrons. The number of fused-ring (bicyclic) bond motifs is 1. The molecule has 0 amide bonds. The van der Waals surface area contributed by atoms with Gasteiger partial charge in [0.2, 0.25) is 0 Å². The number of rotatable bonds is 5. The predicted molar refractivity (Wildman–Crippen MR) is 87.1 cm³/mol. The van der Waals surface area contributed by atoms with Crippen molar-refractivity contribution in [2.24, 2.45) is 5.10 Å². The summed E-state index contributed by atoms with van der Waals surface area (Å²) < 4.78 is 0. The Kier molecular flexibility index (Phi) is 4.03. The molecule has 1 unspecified atom stereocenters. The topological polar surface area (TPSA) is 27.6 Å². The first-order valence-electron chi connectivity index (χ1n) is 7.21. The van der Waals surface area contributed by atoms with E-state index in [-0.39, 0.29) is 0 Å². The van der Waals surface area contributed by atoms with Gasteiger partial charge in [-0.1, -0.05) is 26.0 Å². The minimum atomic E-state index is 0.420. The van der Waals surface area contributed by atoms with E-state index in [0.717, 1.165) is 19.5 Å². The molecule has 4 heteroatoms. The van der Waals surface area contributed by atoms with E-state index in [4.69, 9.17) is 0 Å². The first-order chi connectivity index (χ1) is 9.74. The van der Waals surface area contributed by atoms with Crippen LogP contribution < -0.4 is 5.32 Å². The maximum atomic E-state index is 4.56. The summed E-state index contributed by atoms with van der Waals surface area (Å²) in [6.07, 6.45) is 7.54. The molecule has 0 bridgehead atoms. The molecule has 0 saturated carbocycles. The fourth-order valence-corrected chi connectivity index (χ4v) is 3.35. The molecule has 0 spiro atoms. The normalized spacial score (nSPS) is 21.1. The lowest BCUT2D eigenvalue weighted by Crippen LogP contribution is -2.36. The Labute approximate surface area is 124 Å². The van der Waals surface area contributed by atoms with Gasteiger partial charge in [0.05, 0.1) is 12.3 Å². The summed E-state index contributed by atoms with van der Waals surface area (Å²) in [6, 6.07) is 3.16. The average molecular weight is 287 g/mol. The van der Waals surface area contributed by atoms with Crippen LogP contribution in [-0.4, -0.2) is 36.4 Å². The third-order valence-electron chi connectivity index (χ3n) is 3.78. The van der Waals surface area contributed by atoms with Crippen LogP contribution in [0, 0.1) is 0 Å². The number of hydrazone groups is 1. The fraction of sp³-hybridized carbons (Fsp3) is 0.438. The molecule has 1 atom stereocenters. The van der Waals surface area contributed by atoms with Crippen LogP contribution in [0.3, 0.4) is 0 Å². The molecule has 3 rings (SSSR count). The minimum Gasteiger partial charge on any atom is -0.313 e. The molecule has 0 saturated heterocycles. The van der Waals surface area contributed by atoms with Crippen molar-refractivity contribution in [3.63, 3.8) is 0 Å². The van der Waals surface area contributed by atoms with Crippen LogP contribution in [0.1, 0.15) is 25.8 Å². The molecule has 1 aromatic heterocycles. The van der Waals surface area contributed by atoms with Gasteiger partial charge in [-0.05, 0) is 40.0 Å². The van der Waals surface area contributed by atoms with Crippen molar-refractivity contribution in [3.8, 4) is 0 Å². The van der Waals surface area contributed by atoms with E-state index in [0.29, 0.717) is 12.1 Å². The highest BCUT2D eigenvalue weighted by molar-refractivity contribution is 7.08. The van der Waals surface area contributed by atoms with E-state index in [1.165, 1.54) is 16.7 Å². The molecular weight excluding hydrogens is 266 g/mol. The van der Waals surface area contributed by atoms with E-state index in [2.05, 4.69) is 58.3 Å². The van der Waals surface area contributed by atoms with Crippen molar-refractivity contribution < 1.29 is 0 Å². The second-order valence-corrected chi connectivity index (χ2v) is 6.39. The van der Waals surface area contributed by atoms with Crippen molar-refractivity contribution in [2.45, 2.75) is 32.4 Å². The number of thiophene rings is 1. The van der Waals surface area contributed by atoms with Gasteiger partial charge < -0.3 is 5.32 Å². The second-order valence-electron chi connectivity index (χ2n) is 5.61. The van der Waals surface area contributed by atoms with Crippen LogP contribution in [0.5, 0.6) is 0 Å². The summed E-state index contributed by atoms with van der Waals surface area (Å²) >= 11 is 1.76. The van der Waals surface area contributed by atoms with E-state index >= 15 is 0 Å². The molecule has 3 nitrogen and oxygen atoms in total. The van der Waals surface area contributed by atoms with Crippen LogP contribution in [0.4, 0.5) is 0 Å². The number of hydrogen-bond acceptors (Lipinski definition) is 4. The quantitative estimate of drug-likeness (QED) is 0.901. The monoisotopic (exact) mass is 287 g/mol. The van der Waals surface area contributed by atoms with Gasteiger partial charge >= 0.3 is 0 Å². The van der Waals surface area contributed by atoms with Crippen molar-refractivity contribution in [1.82, 2.24) is 10.3 Å². The van der Waals surface area contributed by atoms with Crippen LogP contribution in [0.25, 0.3) is 5.57 Å². The number of allylic oxidation sites excluding steroid dienone is 2. The summed E-state index contributed by atoms with van der Waals surface area (Å²) in [7, 11) is 0. The van der Waals surface area contributed by atoms with Gasteiger partial charge in [0.1, 0.15) is 0 Å². The zero-order valence-electron chi connectivity index (χ0n) is 12.0. The van der Waals surface area contributed by atoms with Crippen LogP contribution in [-0.2, 0) is 0 Å². The van der Waals surface area contributed by atoms with Crippen LogP contribution >= 0.6 is 11.3 Å². The molecule has 0 fully saturated rings. The second kappa shape index (κ2) is 5.94. The van der Waals surface area contributed by atoms with Crippen molar-refractivity contribution in [1.29, 1.82) is 0 Å². The molecule has 2 heterocycles. The molecule has 1 aromatic rings. The number of nitrogens with one attached hydrogen (secondary N) is 1. The zero-order chi connectivity index (χ0) is 13.9. The Morgan fingerprint density at radius 1 is 1.45 bits per heavy atom. The highest BCUT2D eigenvalue weighted by Gasteiger charge is 2.28. The first kappa shape index (κ1) is 13.6. The molecule has 1 aliphatic carbocycles. The Hall–Kier alpha value is -1.39. The van der Waals surface area contributed by atoms with E-state index in [9.17, 15) is 0 Å². The zero-order valence-corrected chi connectivity index (χ0v) is 12.9. The minimum absolute atomic E-state index is 0.420.